The summed E-state index contributed by atoms with van der Waals surface area (Å²) in [7, 11) is 0. The molecule has 0 N–H and O–H groups in total. The van der Waals surface area contributed by atoms with Crippen molar-refractivity contribution in [3.8, 4) is 16.2 Å². The van der Waals surface area contributed by atoms with Crippen molar-refractivity contribution in [2.75, 3.05) is 6.61 Å². The second-order valence-electron chi connectivity index (χ2n) is 5.10. The predicted molar refractivity (Wildman–Crippen MR) is 93.3 cm³/mol. The van der Waals surface area contributed by atoms with E-state index in [9.17, 15) is 0 Å². The molecule has 112 valence electrons. The van der Waals surface area contributed by atoms with Crippen LogP contribution in [0.25, 0.3) is 10.4 Å². The first-order valence-electron chi connectivity index (χ1n) is 7.76. The summed E-state index contributed by atoms with van der Waals surface area (Å²) in [5.74, 6) is 0.963. The van der Waals surface area contributed by atoms with Crippen LogP contribution in [0.2, 0.25) is 0 Å². The average Bonchev–Trinajstić information content (AvgIpc) is 2.97. The molecule has 0 aliphatic carbocycles. The van der Waals surface area contributed by atoms with Crippen molar-refractivity contribution in [2.24, 2.45) is 0 Å². The van der Waals surface area contributed by atoms with E-state index in [-0.39, 0.29) is 0 Å². The molecule has 2 heteroatoms. The van der Waals surface area contributed by atoms with E-state index in [1.807, 2.05) is 11.3 Å². The minimum atomic E-state index is 0.781. The lowest BCUT2D eigenvalue weighted by molar-refractivity contribution is 0.312. The fourth-order valence-corrected chi connectivity index (χ4v) is 3.30. The Morgan fingerprint density at radius 2 is 1.90 bits per heavy atom. The Balaban J connectivity index is 1.88. The molecule has 2 aromatic rings. The van der Waals surface area contributed by atoms with E-state index in [1.165, 1.54) is 28.2 Å². The maximum atomic E-state index is 5.76. The van der Waals surface area contributed by atoms with Gasteiger partial charge in [-0.3, -0.25) is 0 Å². The quantitative estimate of drug-likeness (QED) is 0.422. The largest absolute Gasteiger partial charge is 0.494 e. The monoisotopic (exact) mass is 300 g/mol. The van der Waals surface area contributed by atoms with E-state index in [1.54, 1.807) is 0 Å². The molecule has 0 atom stereocenters. The first kappa shape index (κ1) is 15.8. The zero-order valence-electron chi connectivity index (χ0n) is 13.0. The summed E-state index contributed by atoms with van der Waals surface area (Å²) in [6.45, 7) is 5.06. The van der Waals surface area contributed by atoms with Crippen LogP contribution >= 0.6 is 11.3 Å². The molecule has 0 aliphatic heterocycles. The molecule has 0 aliphatic rings. The second kappa shape index (κ2) is 8.68. The minimum Gasteiger partial charge on any atom is -0.494 e. The molecular formula is C19H24OS. The second-order valence-corrected chi connectivity index (χ2v) is 6.27. The number of hydrogen-bond donors (Lipinski definition) is 0. The molecular weight excluding hydrogens is 276 g/mol. The Kier molecular flexibility index (Phi) is 6.55. The Labute approximate surface area is 132 Å². The van der Waals surface area contributed by atoms with E-state index in [4.69, 9.17) is 4.74 Å². The van der Waals surface area contributed by atoms with E-state index in [2.05, 4.69) is 62.4 Å². The van der Waals surface area contributed by atoms with Crippen LogP contribution in [0.1, 0.15) is 38.0 Å². The van der Waals surface area contributed by atoms with Crippen LogP contribution in [0.4, 0.5) is 0 Å². The standard InChI is InChI=1S/C19H24OS/c1-3-5-6-7-15-20-17-11-9-16(10-12-17)19-14-13-18(21-19)8-4-2/h3,5,9-14H,4,6-8,15H2,1-2H3/b5-3+. The molecule has 1 aromatic heterocycles. The lowest BCUT2D eigenvalue weighted by Gasteiger charge is -2.06. The molecule has 2 rings (SSSR count). The summed E-state index contributed by atoms with van der Waals surface area (Å²) >= 11 is 1.89. The third-order valence-corrected chi connectivity index (χ3v) is 4.51. The molecule has 0 saturated heterocycles. The number of unbranched alkanes of at least 4 members (excludes halogenated alkanes) is 1. The molecule has 0 spiro atoms. The summed E-state index contributed by atoms with van der Waals surface area (Å²) in [4.78, 5) is 2.81. The molecule has 1 aromatic carbocycles. The van der Waals surface area contributed by atoms with E-state index >= 15 is 0 Å². The van der Waals surface area contributed by atoms with Gasteiger partial charge in [0.25, 0.3) is 0 Å². The first-order chi connectivity index (χ1) is 10.3. The maximum Gasteiger partial charge on any atom is 0.119 e. The van der Waals surface area contributed by atoms with Gasteiger partial charge in [0.2, 0.25) is 0 Å². The summed E-state index contributed by atoms with van der Waals surface area (Å²) in [6.07, 6.45) is 8.80. The predicted octanol–water partition coefficient (Wildman–Crippen LogP) is 6.10. The van der Waals surface area contributed by atoms with Crippen LogP contribution in [-0.4, -0.2) is 6.61 Å². The number of hydrogen-bond acceptors (Lipinski definition) is 2. The van der Waals surface area contributed by atoms with Crippen molar-refractivity contribution in [2.45, 2.75) is 39.5 Å². The summed E-state index contributed by atoms with van der Waals surface area (Å²) < 4.78 is 5.76. The van der Waals surface area contributed by atoms with Crippen LogP contribution in [0.5, 0.6) is 5.75 Å². The van der Waals surface area contributed by atoms with E-state index in [0.717, 1.165) is 25.2 Å². The van der Waals surface area contributed by atoms with Crippen LogP contribution < -0.4 is 4.74 Å². The van der Waals surface area contributed by atoms with Crippen LogP contribution in [-0.2, 0) is 6.42 Å². The highest BCUT2D eigenvalue weighted by atomic mass is 32.1. The molecule has 1 heterocycles. The van der Waals surface area contributed by atoms with Gasteiger partial charge in [-0.15, -0.1) is 11.3 Å². The van der Waals surface area contributed by atoms with E-state index < -0.39 is 0 Å². The lowest BCUT2D eigenvalue weighted by Crippen LogP contribution is -1.96. The van der Waals surface area contributed by atoms with Gasteiger partial charge >= 0.3 is 0 Å². The fourth-order valence-electron chi connectivity index (χ4n) is 2.19. The topological polar surface area (TPSA) is 9.23 Å². The van der Waals surface area contributed by atoms with Crippen LogP contribution in [0, 0.1) is 0 Å². The first-order valence-corrected chi connectivity index (χ1v) is 8.58. The van der Waals surface area contributed by atoms with Gasteiger partial charge in [0, 0.05) is 9.75 Å². The molecule has 0 bridgehead atoms. The van der Waals surface area contributed by atoms with Gasteiger partial charge in [-0.25, -0.2) is 0 Å². The van der Waals surface area contributed by atoms with Gasteiger partial charge in [0.05, 0.1) is 6.61 Å². The summed E-state index contributed by atoms with van der Waals surface area (Å²) in [6, 6.07) is 12.9. The smallest absolute Gasteiger partial charge is 0.119 e. The number of allylic oxidation sites excluding steroid dienone is 2. The van der Waals surface area contributed by atoms with Gasteiger partial charge < -0.3 is 4.74 Å². The number of benzene rings is 1. The maximum absolute atomic E-state index is 5.76. The number of aryl methyl sites for hydroxylation is 1. The SMILES string of the molecule is C/C=C/CCCOc1ccc(-c2ccc(CCC)s2)cc1. The van der Waals surface area contributed by atoms with Gasteiger partial charge in [-0.2, -0.15) is 0 Å². The van der Waals surface area contributed by atoms with Crippen molar-refractivity contribution in [3.05, 3.63) is 53.4 Å². The number of thiophene rings is 1. The molecule has 0 unspecified atom stereocenters. The lowest BCUT2D eigenvalue weighted by atomic mass is 10.2. The number of ether oxygens (including phenoxy) is 1. The molecule has 1 nitrogen and oxygen atoms in total. The molecule has 21 heavy (non-hydrogen) atoms. The Morgan fingerprint density at radius 1 is 1.10 bits per heavy atom. The Morgan fingerprint density at radius 3 is 2.62 bits per heavy atom. The molecule has 0 saturated carbocycles. The van der Waals surface area contributed by atoms with Gasteiger partial charge in [-0.05, 0) is 68.1 Å². The van der Waals surface area contributed by atoms with Gasteiger partial charge in [-0.1, -0.05) is 25.5 Å². The van der Waals surface area contributed by atoms with Crippen molar-refractivity contribution in [1.82, 2.24) is 0 Å². The van der Waals surface area contributed by atoms with Crippen LogP contribution in [0.3, 0.4) is 0 Å². The Bertz CT molecular complexity index is 551. The summed E-state index contributed by atoms with van der Waals surface area (Å²) in [5, 5.41) is 0. The van der Waals surface area contributed by atoms with E-state index in [0.29, 0.717) is 0 Å². The fraction of sp³-hybridized carbons (Fsp3) is 0.368. The van der Waals surface area contributed by atoms with Crippen molar-refractivity contribution < 1.29 is 4.74 Å². The average molecular weight is 300 g/mol. The third kappa shape index (κ3) is 5.05. The van der Waals surface area contributed by atoms with Crippen molar-refractivity contribution in [1.29, 1.82) is 0 Å². The highest BCUT2D eigenvalue weighted by molar-refractivity contribution is 7.15. The molecule has 0 fully saturated rings. The van der Waals surface area contributed by atoms with Gasteiger partial charge in [0.1, 0.15) is 5.75 Å². The Hall–Kier alpha value is -1.54. The zero-order chi connectivity index (χ0) is 14.9. The highest BCUT2D eigenvalue weighted by Gasteiger charge is 2.03. The van der Waals surface area contributed by atoms with Crippen LogP contribution in [0.15, 0.2) is 48.6 Å². The molecule has 0 amide bonds. The normalized spacial score (nSPS) is 11.1. The third-order valence-electron chi connectivity index (χ3n) is 3.32. The number of rotatable bonds is 8. The zero-order valence-corrected chi connectivity index (χ0v) is 13.8. The minimum absolute atomic E-state index is 0.781. The summed E-state index contributed by atoms with van der Waals surface area (Å²) in [5.41, 5.74) is 1.28. The highest BCUT2D eigenvalue weighted by Crippen LogP contribution is 2.30. The van der Waals surface area contributed by atoms with Crippen molar-refractivity contribution in [3.63, 3.8) is 0 Å². The molecule has 0 radical (unpaired) electrons. The van der Waals surface area contributed by atoms with Crippen molar-refractivity contribution >= 4 is 11.3 Å². The van der Waals surface area contributed by atoms with Gasteiger partial charge in [0.15, 0.2) is 0 Å².